The fourth-order valence-corrected chi connectivity index (χ4v) is 1.53. The van der Waals surface area contributed by atoms with Crippen LogP contribution >= 0.6 is 0 Å². The Kier molecular flexibility index (Phi) is 3.46. The van der Waals surface area contributed by atoms with Gasteiger partial charge in [-0.3, -0.25) is 4.90 Å². The van der Waals surface area contributed by atoms with Crippen molar-refractivity contribution in [2.75, 3.05) is 26.1 Å². The van der Waals surface area contributed by atoms with E-state index in [0.29, 0.717) is 6.92 Å². The number of carbonyl (C=O) groups is 1. The second kappa shape index (κ2) is 5.56. The van der Waals surface area contributed by atoms with Crippen LogP contribution in [0, 0.1) is 0 Å². The summed E-state index contributed by atoms with van der Waals surface area (Å²) in [6.07, 6.45) is -9.72. The van der Waals surface area contributed by atoms with Crippen LogP contribution in [-0.4, -0.2) is 59.8 Å². The molecular formula is C12H21F3N2O2. The van der Waals surface area contributed by atoms with Gasteiger partial charge in [0.05, 0.1) is 1.37 Å². The number of ether oxygens (including phenoxy) is 1. The van der Waals surface area contributed by atoms with Gasteiger partial charge in [-0.15, -0.1) is 0 Å². The topological polar surface area (TPSA) is 32.8 Å². The lowest BCUT2D eigenvalue weighted by Crippen LogP contribution is -2.55. The number of nitrogens with zero attached hydrogens (tertiary/aromatic N) is 2. The smallest absolute Gasteiger partial charge is 0.425 e. The molecule has 7 heteroatoms. The van der Waals surface area contributed by atoms with Gasteiger partial charge in [0.25, 0.3) is 0 Å². The van der Waals surface area contributed by atoms with Gasteiger partial charge in [-0.2, -0.15) is 13.2 Å². The van der Waals surface area contributed by atoms with Gasteiger partial charge in [-0.05, 0) is 27.7 Å². The minimum absolute atomic E-state index is 0.0313. The fraction of sp³-hybridized carbons (Fsp3) is 0.917. The Hall–Kier alpha value is -0.980. The number of piperazine rings is 1. The van der Waals surface area contributed by atoms with Crippen molar-refractivity contribution in [1.29, 1.82) is 0 Å². The monoisotopic (exact) mass is 285 g/mol. The average Bonchev–Trinajstić information content (AvgIpc) is 2.23. The molecule has 0 bridgehead atoms. The molecule has 0 aliphatic carbocycles. The minimum Gasteiger partial charge on any atom is -0.437 e. The summed E-state index contributed by atoms with van der Waals surface area (Å²) in [6.45, 7) is 3.74. The third-order valence-electron chi connectivity index (χ3n) is 2.75. The molecule has 4 nitrogen and oxygen atoms in total. The third-order valence-corrected chi connectivity index (χ3v) is 2.75. The molecule has 0 spiro atoms. The maximum Gasteiger partial charge on any atom is 0.425 e. The number of carbonyl (C=O) groups excluding carboxylic acids is 1. The zero-order valence-electron chi connectivity index (χ0n) is 14.5. The number of hydrogen-bond acceptors (Lipinski definition) is 3. The molecule has 19 heavy (non-hydrogen) atoms. The van der Waals surface area contributed by atoms with Crippen LogP contribution in [0.2, 0.25) is 0 Å². The van der Waals surface area contributed by atoms with Crippen LogP contribution < -0.4 is 0 Å². The predicted octanol–water partition coefficient (Wildman–Crippen LogP) is 2.49. The van der Waals surface area contributed by atoms with Crippen molar-refractivity contribution in [3.05, 3.63) is 0 Å². The molecule has 1 unspecified atom stereocenters. The summed E-state index contributed by atoms with van der Waals surface area (Å²) in [5, 5.41) is 0. The van der Waals surface area contributed by atoms with Gasteiger partial charge in [0.1, 0.15) is 0 Å². The highest BCUT2D eigenvalue weighted by Gasteiger charge is 2.40. The Morgan fingerprint density at radius 1 is 1.32 bits per heavy atom. The minimum atomic E-state index is -5.02. The largest absolute Gasteiger partial charge is 0.437 e. The van der Waals surface area contributed by atoms with Crippen molar-refractivity contribution < 1.29 is 26.8 Å². The predicted molar refractivity (Wildman–Crippen MR) is 64.9 cm³/mol. The Morgan fingerprint density at radius 3 is 2.32 bits per heavy atom. The lowest BCUT2D eigenvalue weighted by molar-refractivity contribution is -0.200. The lowest BCUT2D eigenvalue weighted by atomic mass is 10.1. The molecule has 1 aliphatic heterocycles. The highest BCUT2D eigenvalue weighted by Crippen LogP contribution is 2.23. The van der Waals surface area contributed by atoms with E-state index < -0.39 is 36.9 Å². The van der Waals surface area contributed by atoms with Crippen molar-refractivity contribution in [1.82, 2.24) is 9.80 Å². The molecule has 1 saturated heterocycles. The maximum absolute atomic E-state index is 12.6. The molecule has 0 saturated carbocycles. The van der Waals surface area contributed by atoms with Crippen molar-refractivity contribution >= 4 is 6.09 Å². The molecule has 112 valence electrons. The van der Waals surface area contributed by atoms with Crippen LogP contribution in [0.3, 0.4) is 0 Å². The summed E-state index contributed by atoms with van der Waals surface area (Å²) < 4.78 is 64.9. The van der Waals surface area contributed by atoms with Crippen LogP contribution in [0.5, 0.6) is 0 Å². The van der Waals surface area contributed by atoms with Crippen molar-refractivity contribution in [2.24, 2.45) is 0 Å². The van der Waals surface area contributed by atoms with Crippen LogP contribution in [0.25, 0.3) is 0 Å². The first-order chi connectivity index (χ1) is 9.58. The SMILES string of the molecule is [2H]C1([2H])CN(C(=O)OC([2H])(C)C(F)(F)F)CCN1C(C)(C)C. The summed E-state index contributed by atoms with van der Waals surface area (Å²) in [5.41, 5.74) is -0.491. The number of hydrogen-bond donors (Lipinski definition) is 0. The zero-order chi connectivity index (χ0) is 17.6. The van der Waals surface area contributed by atoms with E-state index in [1.165, 1.54) is 4.90 Å². The number of rotatable bonds is 1. The van der Waals surface area contributed by atoms with Crippen LogP contribution in [0.15, 0.2) is 0 Å². The molecule has 1 fully saturated rings. The normalized spacial score (nSPS) is 26.9. The van der Waals surface area contributed by atoms with Crippen molar-refractivity contribution in [3.8, 4) is 0 Å². The van der Waals surface area contributed by atoms with Gasteiger partial charge in [-0.25, -0.2) is 4.79 Å². The molecule has 0 aromatic heterocycles. The molecule has 0 aromatic carbocycles. The average molecular weight is 285 g/mol. The van der Waals surface area contributed by atoms with E-state index in [1.807, 2.05) is 20.8 Å². The Morgan fingerprint density at radius 2 is 1.89 bits per heavy atom. The van der Waals surface area contributed by atoms with Gasteiger partial charge >= 0.3 is 12.3 Å². The molecule has 0 radical (unpaired) electrons. The van der Waals surface area contributed by atoms with Gasteiger partial charge in [-0.1, -0.05) is 0 Å². The zero-order valence-corrected chi connectivity index (χ0v) is 11.5. The summed E-state index contributed by atoms with van der Waals surface area (Å²) in [4.78, 5) is 14.2. The number of halogens is 3. The Balaban J connectivity index is 2.80. The molecule has 0 N–H and O–H groups in total. The third kappa shape index (κ3) is 4.56. The van der Waals surface area contributed by atoms with Gasteiger partial charge in [0.15, 0.2) is 6.08 Å². The van der Waals surface area contributed by atoms with Crippen LogP contribution in [0.1, 0.15) is 31.8 Å². The summed E-state index contributed by atoms with van der Waals surface area (Å²) >= 11 is 0. The van der Waals surface area contributed by atoms with Crippen LogP contribution in [0.4, 0.5) is 18.0 Å². The summed E-state index contributed by atoms with van der Waals surface area (Å²) in [6, 6.07) is 0. The molecule has 1 atom stereocenters. The van der Waals surface area contributed by atoms with Gasteiger partial charge in [0, 0.05) is 34.4 Å². The highest BCUT2D eigenvalue weighted by atomic mass is 19.4. The van der Waals surface area contributed by atoms with E-state index in [2.05, 4.69) is 4.74 Å². The highest BCUT2D eigenvalue weighted by molar-refractivity contribution is 5.68. The first-order valence-corrected chi connectivity index (χ1v) is 5.90. The van der Waals surface area contributed by atoms with E-state index in [0.717, 1.165) is 4.90 Å². The van der Waals surface area contributed by atoms with E-state index in [1.54, 1.807) is 0 Å². The summed E-state index contributed by atoms with van der Waals surface area (Å²) in [7, 11) is 0. The fourth-order valence-electron chi connectivity index (χ4n) is 1.53. The molecule has 1 rings (SSSR count). The van der Waals surface area contributed by atoms with E-state index in [4.69, 9.17) is 4.11 Å². The molecule has 1 amide bonds. The van der Waals surface area contributed by atoms with Crippen molar-refractivity contribution in [3.63, 3.8) is 0 Å². The first-order valence-electron chi connectivity index (χ1n) is 7.40. The van der Waals surface area contributed by atoms with Gasteiger partial charge < -0.3 is 9.64 Å². The van der Waals surface area contributed by atoms with Gasteiger partial charge in [0.2, 0.25) is 0 Å². The second-order valence-electron chi connectivity index (χ2n) is 5.32. The summed E-state index contributed by atoms with van der Waals surface area (Å²) in [5.74, 6) is 0. The van der Waals surface area contributed by atoms with E-state index >= 15 is 0 Å². The molecule has 1 aliphatic rings. The molecule has 1 heterocycles. The van der Waals surface area contributed by atoms with E-state index in [9.17, 15) is 18.0 Å². The van der Waals surface area contributed by atoms with Crippen LogP contribution in [-0.2, 0) is 4.74 Å². The Bertz CT molecular complexity index is 436. The Labute approximate surface area is 115 Å². The first kappa shape index (κ1) is 11.8. The second-order valence-corrected chi connectivity index (χ2v) is 5.32. The molecular weight excluding hydrogens is 261 g/mol. The standard InChI is InChI=1S/C12H21F3N2O2/c1-9(12(13,14)15)19-10(18)16-5-7-17(8-6-16)11(2,3)4/h9H,5-8H2,1-4H3/i7D2,9D. The van der Waals surface area contributed by atoms with Crippen molar-refractivity contribution in [2.45, 2.75) is 45.5 Å². The number of amides is 1. The maximum atomic E-state index is 12.6. The van der Waals surface area contributed by atoms with E-state index in [-0.39, 0.29) is 13.1 Å². The number of alkyl halides is 3. The quantitative estimate of drug-likeness (QED) is 0.742. The molecule has 0 aromatic rings. The lowest BCUT2D eigenvalue weighted by Gasteiger charge is -2.42.